The Morgan fingerprint density at radius 2 is 0.976 bits per heavy atom. The molecule has 1 aliphatic carbocycles. The van der Waals surface area contributed by atoms with Crippen LogP contribution in [0, 0.1) is 6.92 Å². The van der Waals surface area contributed by atoms with Gasteiger partial charge in [-0.1, -0.05) is 127 Å². The molecule has 6 aromatic rings. The standard InChI is InChI=1S/C40H31N/c1-28-20-24-34-35-25-23-33(41-38-18-10-8-12-29(38)21-22-30-13-9-11-19-39(30)41)27-37(35)40(36(34)26-28,31-14-4-2-5-15-31)32-16-6-3-7-17-32/h2-20,23-27H,21-22H2,1H3. The molecule has 2 aliphatic rings. The average molecular weight is 526 g/mol. The number of rotatable bonds is 3. The van der Waals surface area contributed by atoms with Crippen molar-refractivity contribution >= 4 is 17.1 Å². The smallest absolute Gasteiger partial charge is 0.0714 e. The van der Waals surface area contributed by atoms with Crippen molar-refractivity contribution in [1.29, 1.82) is 0 Å². The molecule has 0 bridgehead atoms. The van der Waals surface area contributed by atoms with Crippen molar-refractivity contribution in [2.24, 2.45) is 0 Å². The lowest BCUT2D eigenvalue weighted by Crippen LogP contribution is -2.29. The number of anilines is 3. The summed E-state index contributed by atoms with van der Waals surface area (Å²) in [5, 5.41) is 0. The van der Waals surface area contributed by atoms with Crippen LogP contribution < -0.4 is 4.90 Å². The lowest BCUT2D eigenvalue weighted by Gasteiger charge is -2.35. The Morgan fingerprint density at radius 1 is 0.488 bits per heavy atom. The number of nitrogens with zero attached hydrogens (tertiary/aromatic N) is 1. The summed E-state index contributed by atoms with van der Waals surface area (Å²) in [5.74, 6) is 0. The minimum atomic E-state index is -0.417. The van der Waals surface area contributed by atoms with Gasteiger partial charge in [0.05, 0.1) is 5.41 Å². The summed E-state index contributed by atoms with van der Waals surface area (Å²) < 4.78 is 0. The molecule has 0 aromatic heterocycles. The van der Waals surface area contributed by atoms with Gasteiger partial charge in [-0.05, 0) is 88.5 Å². The average Bonchev–Trinajstić information content (AvgIpc) is 3.20. The van der Waals surface area contributed by atoms with E-state index in [0.29, 0.717) is 0 Å². The Hall–Kier alpha value is -4.88. The molecule has 0 N–H and O–H groups in total. The van der Waals surface area contributed by atoms with Gasteiger partial charge in [0, 0.05) is 17.1 Å². The molecular weight excluding hydrogens is 494 g/mol. The monoisotopic (exact) mass is 525 g/mol. The van der Waals surface area contributed by atoms with E-state index in [1.807, 2.05) is 0 Å². The van der Waals surface area contributed by atoms with Crippen LogP contribution >= 0.6 is 0 Å². The van der Waals surface area contributed by atoms with Crippen LogP contribution in [0.4, 0.5) is 17.1 Å². The summed E-state index contributed by atoms with van der Waals surface area (Å²) in [6.07, 6.45) is 2.08. The van der Waals surface area contributed by atoms with Gasteiger partial charge in [0.15, 0.2) is 0 Å². The van der Waals surface area contributed by atoms with Crippen LogP contribution in [0.2, 0.25) is 0 Å². The van der Waals surface area contributed by atoms with E-state index in [-0.39, 0.29) is 0 Å². The normalized spacial score (nSPS) is 14.4. The fourth-order valence-corrected chi connectivity index (χ4v) is 7.29. The molecule has 0 amide bonds. The number of para-hydroxylation sites is 2. The van der Waals surface area contributed by atoms with Crippen molar-refractivity contribution in [3.8, 4) is 11.1 Å². The highest BCUT2D eigenvalue weighted by Gasteiger charge is 2.46. The minimum absolute atomic E-state index is 0.417. The van der Waals surface area contributed by atoms with Gasteiger partial charge in [0.2, 0.25) is 0 Å². The van der Waals surface area contributed by atoms with Crippen LogP contribution in [0.25, 0.3) is 11.1 Å². The molecule has 0 saturated heterocycles. The second-order valence-corrected chi connectivity index (χ2v) is 11.4. The molecule has 0 unspecified atom stereocenters. The first-order valence-electron chi connectivity index (χ1n) is 14.6. The van der Waals surface area contributed by atoms with Crippen LogP contribution in [0.3, 0.4) is 0 Å². The zero-order valence-electron chi connectivity index (χ0n) is 23.2. The number of hydrogen-bond acceptors (Lipinski definition) is 1. The molecule has 0 radical (unpaired) electrons. The van der Waals surface area contributed by atoms with E-state index in [1.165, 1.54) is 67.1 Å². The Bertz CT molecular complexity index is 1810. The number of fused-ring (bicyclic) bond motifs is 5. The molecule has 0 saturated carbocycles. The minimum Gasteiger partial charge on any atom is -0.310 e. The van der Waals surface area contributed by atoms with Crippen LogP contribution in [-0.2, 0) is 18.3 Å². The third kappa shape index (κ3) is 3.55. The summed E-state index contributed by atoms with van der Waals surface area (Å²) in [7, 11) is 0. The lowest BCUT2D eigenvalue weighted by molar-refractivity contribution is 0.767. The molecule has 41 heavy (non-hydrogen) atoms. The molecule has 1 heterocycles. The molecule has 0 fully saturated rings. The first-order chi connectivity index (χ1) is 20.2. The maximum atomic E-state index is 2.49. The Kier molecular flexibility index (Phi) is 5.47. The summed E-state index contributed by atoms with van der Waals surface area (Å²) in [4.78, 5) is 2.49. The van der Waals surface area contributed by atoms with E-state index < -0.39 is 5.41 Å². The molecule has 8 rings (SSSR count). The summed E-state index contributed by atoms with van der Waals surface area (Å²) in [6, 6.07) is 54.2. The molecule has 0 spiro atoms. The molecule has 6 aromatic carbocycles. The Morgan fingerprint density at radius 3 is 1.56 bits per heavy atom. The molecule has 196 valence electrons. The van der Waals surface area contributed by atoms with E-state index in [9.17, 15) is 0 Å². The summed E-state index contributed by atoms with van der Waals surface area (Å²) >= 11 is 0. The van der Waals surface area contributed by atoms with Crippen LogP contribution in [-0.4, -0.2) is 0 Å². The number of hydrogen-bond donors (Lipinski definition) is 0. The summed E-state index contributed by atoms with van der Waals surface area (Å²) in [6.45, 7) is 2.21. The molecule has 1 nitrogen and oxygen atoms in total. The second kappa shape index (κ2) is 9.35. The quantitative estimate of drug-likeness (QED) is 0.222. The highest BCUT2D eigenvalue weighted by Crippen LogP contribution is 2.57. The third-order valence-electron chi connectivity index (χ3n) is 9.08. The van der Waals surface area contributed by atoms with Crippen molar-refractivity contribution in [2.45, 2.75) is 25.2 Å². The van der Waals surface area contributed by atoms with Crippen molar-refractivity contribution in [2.75, 3.05) is 4.90 Å². The van der Waals surface area contributed by atoms with E-state index >= 15 is 0 Å². The van der Waals surface area contributed by atoms with Gasteiger partial charge in [0.25, 0.3) is 0 Å². The molecule has 1 heteroatoms. The van der Waals surface area contributed by atoms with E-state index in [1.54, 1.807) is 0 Å². The number of benzene rings is 6. The topological polar surface area (TPSA) is 3.24 Å². The van der Waals surface area contributed by atoms with Gasteiger partial charge in [-0.15, -0.1) is 0 Å². The van der Waals surface area contributed by atoms with Crippen molar-refractivity contribution in [3.05, 3.63) is 185 Å². The highest BCUT2D eigenvalue weighted by atomic mass is 15.1. The van der Waals surface area contributed by atoms with Gasteiger partial charge in [-0.3, -0.25) is 0 Å². The fraction of sp³-hybridized carbons (Fsp3) is 0.100. The van der Waals surface area contributed by atoms with E-state index in [2.05, 4.69) is 157 Å². The maximum absolute atomic E-state index is 2.49. The first kappa shape index (κ1) is 24.0. The van der Waals surface area contributed by atoms with Gasteiger partial charge in [0.1, 0.15) is 0 Å². The fourth-order valence-electron chi connectivity index (χ4n) is 7.29. The molecular formula is C40H31N. The third-order valence-corrected chi connectivity index (χ3v) is 9.08. The van der Waals surface area contributed by atoms with E-state index in [4.69, 9.17) is 0 Å². The highest BCUT2D eigenvalue weighted by molar-refractivity contribution is 5.90. The van der Waals surface area contributed by atoms with E-state index in [0.717, 1.165) is 12.8 Å². The van der Waals surface area contributed by atoms with Crippen LogP contribution in [0.1, 0.15) is 38.9 Å². The van der Waals surface area contributed by atoms with Crippen LogP contribution in [0.5, 0.6) is 0 Å². The molecule has 0 atom stereocenters. The predicted molar refractivity (Wildman–Crippen MR) is 171 cm³/mol. The van der Waals surface area contributed by atoms with Crippen LogP contribution in [0.15, 0.2) is 146 Å². The van der Waals surface area contributed by atoms with Crippen molar-refractivity contribution in [3.63, 3.8) is 0 Å². The SMILES string of the molecule is Cc1ccc2c(c1)C(c1ccccc1)(c1ccccc1)c1cc(N3c4ccccc4CCc4ccccc43)ccc1-2. The van der Waals surface area contributed by atoms with Gasteiger partial charge in [-0.25, -0.2) is 0 Å². The Labute approximate surface area is 242 Å². The van der Waals surface area contributed by atoms with Crippen molar-refractivity contribution < 1.29 is 0 Å². The van der Waals surface area contributed by atoms with Gasteiger partial charge in [-0.2, -0.15) is 0 Å². The Balaban J connectivity index is 1.46. The lowest BCUT2D eigenvalue weighted by atomic mass is 9.67. The zero-order valence-corrected chi connectivity index (χ0v) is 23.2. The van der Waals surface area contributed by atoms with Gasteiger partial charge < -0.3 is 4.90 Å². The maximum Gasteiger partial charge on any atom is 0.0714 e. The predicted octanol–water partition coefficient (Wildman–Crippen LogP) is 9.93. The first-order valence-corrected chi connectivity index (χ1v) is 14.6. The number of aryl methyl sites for hydroxylation is 3. The zero-order chi connectivity index (χ0) is 27.4. The van der Waals surface area contributed by atoms with Gasteiger partial charge >= 0.3 is 0 Å². The summed E-state index contributed by atoms with van der Waals surface area (Å²) in [5.41, 5.74) is 15.3. The van der Waals surface area contributed by atoms with Crippen molar-refractivity contribution in [1.82, 2.24) is 0 Å². The molecule has 1 aliphatic heterocycles. The second-order valence-electron chi connectivity index (χ2n) is 11.4. The largest absolute Gasteiger partial charge is 0.310 e.